The van der Waals surface area contributed by atoms with Gasteiger partial charge in [0.1, 0.15) is 0 Å². The first kappa shape index (κ1) is 12.9. The molecule has 1 aromatic rings. The highest BCUT2D eigenvalue weighted by Gasteiger charge is 2.24. The molecule has 0 saturated carbocycles. The molecule has 1 aliphatic rings. The third-order valence-corrected chi connectivity index (χ3v) is 4.22. The lowest BCUT2D eigenvalue weighted by atomic mass is 10.2. The minimum absolute atomic E-state index is 0.690. The number of nitrogens with zero attached hydrogens (tertiary/aromatic N) is 2. The Labute approximate surface area is 112 Å². The van der Waals surface area contributed by atoms with Gasteiger partial charge in [-0.05, 0) is 44.3 Å². The Morgan fingerprint density at radius 2 is 2.24 bits per heavy atom. The number of hydrogen-bond acceptors (Lipinski definition) is 3. The predicted molar refractivity (Wildman–Crippen MR) is 75.9 cm³/mol. The predicted octanol–water partition coefficient (Wildman–Crippen LogP) is 2.17. The van der Waals surface area contributed by atoms with Gasteiger partial charge in [-0.3, -0.25) is 4.90 Å². The van der Waals surface area contributed by atoms with Crippen molar-refractivity contribution in [3.05, 3.63) is 28.2 Å². The van der Waals surface area contributed by atoms with Crippen LogP contribution in [0.15, 0.2) is 22.7 Å². The molecule has 1 heterocycles. The zero-order chi connectivity index (χ0) is 12.4. The lowest BCUT2D eigenvalue weighted by Gasteiger charge is -2.20. The maximum atomic E-state index is 5.83. The van der Waals surface area contributed by atoms with Crippen molar-refractivity contribution >= 4 is 21.6 Å². The lowest BCUT2D eigenvalue weighted by Crippen LogP contribution is -2.31. The quantitative estimate of drug-likeness (QED) is 0.868. The number of halogens is 1. The summed E-state index contributed by atoms with van der Waals surface area (Å²) in [7, 11) is 4.31. The lowest BCUT2D eigenvalue weighted by molar-refractivity contribution is 0.264. The highest BCUT2D eigenvalue weighted by Crippen LogP contribution is 2.23. The van der Waals surface area contributed by atoms with Gasteiger partial charge in [0.25, 0.3) is 0 Å². The van der Waals surface area contributed by atoms with Gasteiger partial charge in [-0.2, -0.15) is 0 Å². The maximum Gasteiger partial charge on any atom is 0.0318 e. The molecular formula is C13H20BrN3. The zero-order valence-corrected chi connectivity index (χ0v) is 12.1. The normalized spacial score (nSPS) is 21.3. The van der Waals surface area contributed by atoms with Crippen molar-refractivity contribution < 1.29 is 0 Å². The third kappa shape index (κ3) is 3.21. The van der Waals surface area contributed by atoms with Gasteiger partial charge in [0, 0.05) is 35.8 Å². The average molecular weight is 298 g/mol. The fourth-order valence-corrected chi connectivity index (χ4v) is 2.71. The molecule has 3 nitrogen and oxygen atoms in total. The van der Waals surface area contributed by atoms with Crippen LogP contribution in [0.25, 0.3) is 0 Å². The topological polar surface area (TPSA) is 32.5 Å². The van der Waals surface area contributed by atoms with Crippen LogP contribution in [0.5, 0.6) is 0 Å². The number of nitrogens with two attached hydrogens (primary N) is 1. The number of likely N-dealkylation sites (tertiary alicyclic amines) is 1. The molecule has 0 spiro atoms. The van der Waals surface area contributed by atoms with Crippen LogP contribution in [0, 0.1) is 0 Å². The van der Waals surface area contributed by atoms with Gasteiger partial charge in [0.15, 0.2) is 0 Å². The Bertz CT molecular complexity index is 392. The molecule has 1 unspecified atom stereocenters. The minimum Gasteiger partial charge on any atom is -0.399 e. The SMILES string of the molecule is CN(C)C1CCN(Cc2cc(N)ccc2Br)C1. The van der Waals surface area contributed by atoms with Crippen LogP contribution in [0.1, 0.15) is 12.0 Å². The molecule has 17 heavy (non-hydrogen) atoms. The Morgan fingerprint density at radius 3 is 2.88 bits per heavy atom. The van der Waals surface area contributed by atoms with Gasteiger partial charge in [0.2, 0.25) is 0 Å². The van der Waals surface area contributed by atoms with Crippen molar-refractivity contribution in [1.29, 1.82) is 0 Å². The molecule has 4 heteroatoms. The van der Waals surface area contributed by atoms with E-state index in [-0.39, 0.29) is 0 Å². The highest BCUT2D eigenvalue weighted by atomic mass is 79.9. The molecule has 0 radical (unpaired) electrons. The van der Waals surface area contributed by atoms with Gasteiger partial charge < -0.3 is 10.6 Å². The molecule has 1 saturated heterocycles. The summed E-state index contributed by atoms with van der Waals surface area (Å²) in [4.78, 5) is 4.80. The molecule has 0 amide bonds. The molecule has 2 rings (SSSR count). The van der Waals surface area contributed by atoms with E-state index < -0.39 is 0 Å². The van der Waals surface area contributed by atoms with Crippen LogP contribution in [0.3, 0.4) is 0 Å². The van der Waals surface area contributed by atoms with Crippen molar-refractivity contribution in [2.45, 2.75) is 19.0 Å². The average Bonchev–Trinajstić information content (AvgIpc) is 2.72. The van der Waals surface area contributed by atoms with E-state index in [2.05, 4.69) is 45.9 Å². The van der Waals surface area contributed by atoms with E-state index in [1.54, 1.807) is 0 Å². The summed E-state index contributed by atoms with van der Waals surface area (Å²) in [6.07, 6.45) is 1.26. The summed E-state index contributed by atoms with van der Waals surface area (Å²) < 4.78 is 1.15. The first-order valence-electron chi connectivity index (χ1n) is 5.99. The van der Waals surface area contributed by atoms with E-state index in [0.717, 1.165) is 23.2 Å². The molecule has 1 aliphatic heterocycles. The highest BCUT2D eigenvalue weighted by molar-refractivity contribution is 9.10. The molecule has 0 bridgehead atoms. The van der Waals surface area contributed by atoms with Crippen molar-refractivity contribution in [2.75, 3.05) is 32.9 Å². The number of benzene rings is 1. The molecular weight excluding hydrogens is 278 g/mol. The number of rotatable bonds is 3. The monoisotopic (exact) mass is 297 g/mol. The summed E-state index contributed by atoms with van der Waals surface area (Å²) in [5, 5.41) is 0. The Morgan fingerprint density at radius 1 is 1.47 bits per heavy atom. The Kier molecular flexibility index (Phi) is 4.07. The van der Waals surface area contributed by atoms with Crippen LogP contribution in [0.4, 0.5) is 5.69 Å². The molecule has 2 N–H and O–H groups in total. The van der Waals surface area contributed by atoms with E-state index in [0.29, 0.717) is 6.04 Å². The number of nitrogen functional groups attached to an aromatic ring is 1. The van der Waals surface area contributed by atoms with Crippen molar-refractivity contribution in [3.8, 4) is 0 Å². The molecule has 0 aromatic heterocycles. The first-order chi connectivity index (χ1) is 8.06. The second-order valence-corrected chi connectivity index (χ2v) is 5.85. The van der Waals surface area contributed by atoms with E-state index >= 15 is 0 Å². The van der Waals surface area contributed by atoms with Gasteiger partial charge in [-0.15, -0.1) is 0 Å². The van der Waals surface area contributed by atoms with Crippen molar-refractivity contribution in [1.82, 2.24) is 9.80 Å². The van der Waals surface area contributed by atoms with Gasteiger partial charge in [0.05, 0.1) is 0 Å². The van der Waals surface area contributed by atoms with Crippen LogP contribution in [-0.2, 0) is 6.54 Å². The molecule has 1 atom stereocenters. The smallest absolute Gasteiger partial charge is 0.0318 e. The second kappa shape index (κ2) is 5.38. The largest absolute Gasteiger partial charge is 0.399 e. The van der Waals surface area contributed by atoms with E-state index in [1.807, 2.05) is 12.1 Å². The van der Waals surface area contributed by atoms with E-state index in [9.17, 15) is 0 Å². The maximum absolute atomic E-state index is 5.83. The Hall–Kier alpha value is -0.580. The first-order valence-corrected chi connectivity index (χ1v) is 6.78. The van der Waals surface area contributed by atoms with Crippen LogP contribution >= 0.6 is 15.9 Å². The number of likely N-dealkylation sites (N-methyl/N-ethyl adjacent to an activating group) is 1. The standard InChI is InChI=1S/C13H20BrN3/c1-16(2)12-5-6-17(9-12)8-10-7-11(15)3-4-13(10)14/h3-4,7,12H,5-6,8-9,15H2,1-2H3. The van der Waals surface area contributed by atoms with Crippen LogP contribution in [-0.4, -0.2) is 43.0 Å². The van der Waals surface area contributed by atoms with Crippen molar-refractivity contribution in [2.24, 2.45) is 0 Å². The summed E-state index contributed by atoms with van der Waals surface area (Å²) in [6.45, 7) is 3.30. The fraction of sp³-hybridized carbons (Fsp3) is 0.538. The Balaban J connectivity index is 2.00. The van der Waals surface area contributed by atoms with Gasteiger partial charge in [-0.25, -0.2) is 0 Å². The zero-order valence-electron chi connectivity index (χ0n) is 10.5. The molecule has 1 aromatic carbocycles. The van der Waals surface area contributed by atoms with Crippen LogP contribution in [0.2, 0.25) is 0 Å². The third-order valence-electron chi connectivity index (χ3n) is 3.44. The van der Waals surface area contributed by atoms with Crippen molar-refractivity contribution in [3.63, 3.8) is 0 Å². The number of anilines is 1. The van der Waals surface area contributed by atoms with Gasteiger partial charge in [-0.1, -0.05) is 15.9 Å². The van der Waals surface area contributed by atoms with E-state index in [4.69, 9.17) is 5.73 Å². The second-order valence-electron chi connectivity index (χ2n) is 4.99. The summed E-state index contributed by atoms with van der Waals surface area (Å²) >= 11 is 3.59. The summed E-state index contributed by atoms with van der Waals surface area (Å²) in [6, 6.07) is 6.71. The fourth-order valence-electron chi connectivity index (χ4n) is 2.33. The number of hydrogen-bond donors (Lipinski definition) is 1. The van der Waals surface area contributed by atoms with Gasteiger partial charge >= 0.3 is 0 Å². The van der Waals surface area contributed by atoms with E-state index in [1.165, 1.54) is 18.5 Å². The van der Waals surface area contributed by atoms with Crippen LogP contribution < -0.4 is 5.73 Å². The molecule has 94 valence electrons. The minimum atomic E-state index is 0.690. The summed E-state index contributed by atoms with van der Waals surface area (Å²) in [5.41, 5.74) is 7.95. The molecule has 1 fully saturated rings. The summed E-state index contributed by atoms with van der Waals surface area (Å²) in [5.74, 6) is 0. The molecule has 0 aliphatic carbocycles.